The van der Waals surface area contributed by atoms with E-state index in [1.165, 1.54) is 23.5 Å². The van der Waals surface area contributed by atoms with Crippen LogP contribution in [-0.2, 0) is 12.7 Å². The molecular weight excluding hydrogens is 285 g/mol. The van der Waals surface area contributed by atoms with Gasteiger partial charge in [0.2, 0.25) is 0 Å². The maximum Gasteiger partial charge on any atom is 0.416 e. The van der Waals surface area contributed by atoms with Crippen molar-refractivity contribution in [3.63, 3.8) is 0 Å². The van der Waals surface area contributed by atoms with Crippen LogP contribution < -0.4 is 5.32 Å². The molecule has 0 saturated heterocycles. The lowest BCUT2D eigenvalue weighted by atomic mass is 10.2. The van der Waals surface area contributed by atoms with Gasteiger partial charge in [-0.3, -0.25) is 0 Å². The van der Waals surface area contributed by atoms with Crippen LogP contribution in [-0.4, -0.2) is 4.98 Å². The fourth-order valence-corrected chi connectivity index (χ4v) is 2.25. The van der Waals surface area contributed by atoms with Crippen LogP contribution in [0.1, 0.15) is 10.4 Å². The Morgan fingerprint density at radius 1 is 1.22 bits per heavy atom. The average Bonchev–Trinajstić information content (AvgIpc) is 2.72. The Hall–Kier alpha value is -1.27. The summed E-state index contributed by atoms with van der Waals surface area (Å²) in [6.45, 7) is 0.482. The number of nitrogens with zero attached hydrogens (tertiary/aromatic N) is 1. The lowest BCUT2D eigenvalue weighted by Crippen LogP contribution is -2.05. The van der Waals surface area contributed by atoms with Gasteiger partial charge in [-0.25, -0.2) is 4.98 Å². The van der Waals surface area contributed by atoms with Crippen molar-refractivity contribution >= 4 is 28.6 Å². The molecule has 96 valence electrons. The maximum atomic E-state index is 12.3. The second-order valence-electron chi connectivity index (χ2n) is 3.51. The Bertz CT molecular complexity index is 522. The van der Waals surface area contributed by atoms with E-state index in [1.807, 2.05) is 0 Å². The summed E-state index contributed by atoms with van der Waals surface area (Å²) in [5.41, 5.74) is -0.0404. The number of aromatic nitrogens is 1. The molecule has 2 aromatic rings. The third-order valence-electron chi connectivity index (χ3n) is 2.20. The first kappa shape index (κ1) is 13.2. The van der Waals surface area contributed by atoms with Gasteiger partial charge in [-0.15, -0.1) is 11.3 Å². The summed E-state index contributed by atoms with van der Waals surface area (Å²) in [4.78, 5) is 4.79. The molecule has 18 heavy (non-hydrogen) atoms. The smallest absolute Gasteiger partial charge is 0.380 e. The van der Waals surface area contributed by atoms with Crippen molar-refractivity contribution in [3.8, 4) is 0 Å². The number of thiazole rings is 1. The number of alkyl halides is 3. The second kappa shape index (κ2) is 5.16. The monoisotopic (exact) mass is 292 g/mol. The van der Waals surface area contributed by atoms with E-state index in [0.717, 1.165) is 17.0 Å². The summed E-state index contributed by atoms with van der Waals surface area (Å²) in [5, 5.41) is 3.00. The molecule has 0 aliphatic rings. The van der Waals surface area contributed by atoms with Crippen LogP contribution in [0.15, 0.2) is 30.5 Å². The minimum atomic E-state index is -4.30. The molecule has 1 heterocycles. The third kappa shape index (κ3) is 3.36. The zero-order chi connectivity index (χ0) is 13.2. The zero-order valence-electron chi connectivity index (χ0n) is 8.96. The summed E-state index contributed by atoms with van der Waals surface area (Å²) in [6, 6.07) is 4.88. The second-order valence-corrected chi connectivity index (χ2v) is 5.21. The number of nitrogens with one attached hydrogen (secondary N) is 1. The lowest BCUT2D eigenvalue weighted by molar-refractivity contribution is -0.137. The number of benzene rings is 1. The Balaban J connectivity index is 1.98. The summed E-state index contributed by atoms with van der Waals surface area (Å²) in [6.07, 6.45) is -2.67. The molecule has 0 spiro atoms. The molecule has 2 rings (SSSR count). The predicted molar refractivity (Wildman–Crippen MR) is 65.9 cm³/mol. The van der Waals surface area contributed by atoms with Gasteiger partial charge in [-0.1, -0.05) is 11.6 Å². The van der Waals surface area contributed by atoms with Gasteiger partial charge >= 0.3 is 6.18 Å². The van der Waals surface area contributed by atoms with E-state index in [1.54, 1.807) is 6.20 Å². The van der Waals surface area contributed by atoms with Crippen LogP contribution in [0.2, 0.25) is 4.47 Å². The SMILES string of the molecule is FC(F)(F)c1ccc(NCc2cnc(Cl)s2)cc1. The first-order chi connectivity index (χ1) is 8.45. The fraction of sp³-hybridized carbons (Fsp3) is 0.182. The van der Waals surface area contributed by atoms with Crippen LogP contribution in [0.4, 0.5) is 18.9 Å². The summed E-state index contributed by atoms with van der Waals surface area (Å²) in [7, 11) is 0. The molecule has 0 amide bonds. The molecule has 0 saturated carbocycles. The van der Waals surface area contributed by atoms with Crippen molar-refractivity contribution in [2.75, 3.05) is 5.32 Å². The molecule has 7 heteroatoms. The van der Waals surface area contributed by atoms with E-state index in [-0.39, 0.29) is 0 Å². The molecular formula is C11H8ClF3N2S. The highest BCUT2D eigenvalue weighted by Crippen LogP contribution is 2.30. The lowest BCUT2D eigenvalue weighted by Gasteiger charge is -2.08. The molecule has 0 atom stereocenters. The molecule has 1 N–H and O–H groups in total. The molecule has 0 unspecified atom stereocenters. The molecule has 1 aromatic carbocycles. The number of anilines is 1. The van der Waals surface area contributed by atoms with Gasteiger partial charge in [0.15, 0.2) is 4.47 Å². The van der Waals surface area contributed by atoms with Crippen molar-refractivity contribution < 1.29 is 13.2 Å². The van der Waals surface area contributed by atoms with Crippen molar-refractivity contribution in [3.05, 3.63) is 45.4 Å². The first-order valence-electron chi connectivity index (χ1n) is 4.96. The minimum absolute atomic E-state index is 0.444. The Morgan fingerprint density at radius 2 is 1.89 bits per heavy atom. The van der Waals surface area contributed by atoms with Crippen LogP contribution >= 0.6 is 22.9 Å². The molecule has 2 nitrogen and oxygen atoms in total. The van der Waals surface area contributed by atoms with Crippen molar-refractivity contribution in [1.82, 2.24) is 4.98 Å². The van der Waals surface area contributed by atoms with Gasteiger partial charge in [-0.05, 0) is 24.3 Å². The number of halogens is 4. The Morgan fingerprint density at radius 3 is 2.39 bits per heavy atom. The summed E-state index contributed by atoms with van der Waals surface area (Å²) in [5.74, 6) is 0. The molecule has 0 aliphatic carbocycles. The largest absolute Gasteiger partial charge is 0.416 e. The van der Waals surface area contributed by atoms with Gasteiger partial charge in [0, 0.05) is 16.8 Å². The van der Waals surface area contributed by atoms with E-state index < -0.39 is 11.7 Å². The molecule has 0 fully saturated rings. The fourth-order valence-electron chi connectivity index (χ4n) is 1.33. The number of rotatable bonds is 3. The molecule has 0 bridgehead atoms. The zero-order valence-corrected chi connectivity index (χ0v) is 10.5. The number of hydrogen-bond donors (Lipinski definition) is 1. The van der Waals surface area contributed by atoms with Crippen molar-refractivity contribution in [2.24, 2.45) is 0 Å². The standard InChI is InChI=1S/C11H8ClF3N2S/c12-10-17-6-9(18-10)5-16-8-3-1-7(2-4-8)11(13,14)15/h1-4,6,16H,5H2. The Labute approximate surface area is 110 Å². The van der Waals surface area contributed by atoms with Crippen molar-refractivity contribution in [1.29, 1.82) is 0 Å². The predicted octanol–water partition coefficient (Wildman–Crippen LogP) is 4.43. The molecule has 1 aromatic heterocycles. The van der Waals surface area contributed by atoms with Gasteiger partial charge in [0.1, 0.15) is 0 Å². The van der Waals surface area contributed by atoms with Gasteiger partial charge < -0.3 is 5.32 Å². The van der Waals surface area contributed by atoms with Crippen LogP contribution in [0.3, 0.4) is 0 Å². The maximum absolute atomic E-state index is 12.3. The van der Waals surface area contributed by atoms with E-state index in [4.69, 9.17) is 11.6 Å². The number of hydrogen-bond acceptors (Lipinski definition) is 3. The highest BCUT2D eigenvalue weighted by Gasteiger charge is 2.29. The summed E-state index contributed by atoms with van der Waals surface area (Å²) < 4.78 is 37.4. The van der Waals surface area contributed by atoms with Crippen molar-refractivity contribution in [2.45, 2.75) is 12.7 Å². The first-order valence-corrected chi connectivity index (χ1v) is 6.16. The van der Waals surface area contributed by atoms with E-state index in [2.05, 4.69) is 10.3 Å². The highest BCUT2D eigenvalue weighted by atomic mass is 35.5. The average molecular weight is 293 g/mol. The highest BCUT2D eigenvalue weighted by molar-refractivity contribution is 7.15. The van der Waals surface area contributed by atoms with E-state index >= 15 is 0 Å². The van der Waals surface area contributed by atoms with Gasteiger partial charge in [0.25, 0.3) is 0 Å². The molecule has 0 aliphatic heterocycles. The summed E-state index contributed by atoms with van der Waals surface area (Å²) >= 11 is 6.99. The normalized spacial score (nSPS) is 11.6. The topological polar surface area (TPSA) is 24.9 Å². The third-order valence-corrected chi connectivity index (χ3v) is 3.32. The minimum Gasteiger partial charge on any atom is -0.380 e. The quantitative estimate of drug-likeness (QED) is 0.905. The van der Waals surface area contributed by atoms with Crippen LogP contribution in [0.5, 0.6) is 0 Å². The Kier molecular flexibility index (Phi) is 3.77. The van der Waals surface area contributed by atoms with Crippen LogP contribution in [0, 0.1) is 0 Å². The van der Waals surface area contributed by atoms with Gasteiger partial charge in [-0.2, -0.15) is 13.2 Å². The van der Waals surface area contributed by atoms with Crippen LogP contribution in [0.25, 0.3) is 0 Å². The molecule has 0 radical (unpaired) electrons. The van der Waals surface area contributed by atoms with E-state index in [0.29, 0.717) is 16.7 Å². The van der Waals surface area contributed by atoms with Gasteiger partial charge in [0.05, 0.1) is 12.1 Å². The van der Waals surface area contributed by atoms with E-state index in [9.17, 15) is 13.2 Å².